The van der Waals surface area contributed by atoms with Gasteiger partial charge in [-0.25, -0.2) is 0 Å². The lowest BCUT2D eigenvalue weighted by Crippen LogP contribution is -2.30. The minimum atomic E-state index is -0.136. The van der Waals surface area contributed by atoms with E-state index in [0.29, 0.717) is 11.3 Å². The van der Waals surface area contributed by atoms with Crippen molar-refractivity contribution in [2.45, 2.75) is 4.90 Å². The summed E-state index contributed by atoms with van der Waals surface area (Å²) < 4.78 is 0. The summed E-state index contributed by atoms with van der Waals surface area (Å²) in [6.07, 6.45) is 0. The van der Waals surface area contributed by atoms with Gasteiger partial charge in [0.25, 0.3) is 0 Å². The molecule has 0 aliphatic carbocycles. The molecule has 20 heavy (non-hydrogen) atoms. The molecule has 0 radical (unpaired) electrons. The van der Waals surface area contributed by atoms with Gasteiger partial charge >= 0.3 is 0 Å². The third-order valence-corrected chi connectivity index (χ3v) is 3.67. The van der Waals surface area contributed by atoms with Crippen molar-refractivity contribution in [2.24, 2.45) is 0 Å². The van der Waals surface area contributed by atoms with Crippen LogP contribution in [0.15, 0.2) is 65.6 Å². The van der Waals surface area contributed by atoms with Gasteiger partial charge in [-0.05, 0) is 12.1 Å². The number of amides is 1. The van der Waals surface area contributed by atoms with E-state index in [1.54, 1.807) is 24.3 Å². The fraction of sp³-hybridized carbons (Fsp3) is 0.125. The van der Waals surface area contributed by atoms with Crippen LogP contribution in [0, 0.1) is 0 Å². The van der Waals surface area contributed by atoms with E-state index >= 15 is 0 Å². The van der Waals surface area contributed by atoms with Gasteiger partial charge in [0.05, 0.1) is 12.3 Å². The van der Waals surface area contributed by atoms with Gasteiger partial charge in [-0.2, -0.15) is 0 Å². The Morgan fingerprint density at radius 1 is 0.900 bits per heavy atom. The van der Waals surface area contributed by atoms with E-state index in [9.17, 15) is 9.59 Å². The first-order valence-corrected chi connectivity index (χ1v) is 7.27. The van der Waals surface area contributed by atoms with Crippen LogP contribution >= 0.6 is 11.8 Å². The number of nitrogens with one attached hydrogen (secondary N) is 1. The molecule has 3 nitrogen and oxygen atoms in total. The van der Waals surface area contributed by atoms with Gasteiger partial charge in [0.2, 0.25) is 5.91 Å². The molecule has 0 aliphatic heterocycles. The van der Waals surface area contributed by atoms with Crippen molar-refractivity contribution in [1.82, 2.24) is 5.32 Å². The number of Topliss-reactive ketones (excluding diaryl/α,β-unsaturated/α-hetero) is 1. The third kappa shape index (κ3) is 4.55. The average molecular weight is 285 g/mol. The smallest absolute Gasteiger partial charge is 0.230 e. The Hall–Kier alpha value is -2.07. The molecule has 0 saturated heterocycles. The topological polar surface area (TPSA) is 46.2 Å². The molecule has 0 fully saturated rings. The van der Waals surface area contributed by atoms with Crippen LogP contribution in [0.25, 0.3) is 0 Å². The summed E-state index contributed by atoms with van der Waals surface area (Å²) in [4.78, 5) is 24.5. The predicted molar refractivity (Wildman–Crippen MR) is 80.9 cm³/mol. The standard InChI is InChI=1S/C16H15NO2S/c18-15(13-7-3-1-4-8-13)11-17-16(19)12-20-14-9-5-2-6-10-14/h1-10H,11-12H2,(H,17,19). The minimum absolute atomic E-state index is 0.0399. The molecule has 2 aromatic carbocycles. The number of ketones is 1. The Balaban J connectivity index is 1.74. The highest BCUT2D eigenvalue weighted by Gasteiger charge is 2.07. The molecule has 2 aromatic rings. The Morgan fingerprint density at radius 3 is 2.15 bits per heavy atom. The minimum Gasteiger partial charge on any atom is -0.348 e. The van der Waals surface area contributed by atoms with Crippen molar-refractivity contribution in [3.63, 3.8) is 0 Å². The highest BCUT2D eigenvalue weighted by atomic mass is 32.2. The van der Waals surface area contributed by atoms with Gasteiger partial charge in [0.15, 0.2) is 5.78 Å². The van der Waals surface area contributed by atoms with Crippen molar-refractivity contribution < 1.29 is 9.59 Å². The maximum atomic E-state index is 11.8. The molecule has 0 aliphatic rings. The Bertz CT molecular complexity index is 570. The molecule has 0 aromatic heterocycles. The molecule has 0 heterocycles. The molecule has 0 atom stereocenters. The number of thioether (sulfide) groups is 1. The van der Waals surface area contributed by atoms with Gasteiger partial charge < -0.3 is 5.32 Å². The van der Waals surface area contributed by atoms with Crippen molar-refractivity contribution in [1.29, 1.82) is 0 Å². The van der Waals surface area contributed by atoms with Crippen molar-refractivity contribution >= 4 is 23.5 Å². The summed E-state index contributed by atoms with van der Waals surface area (Å²) in [5, 5.41) is 2.64. The van der Waals surface area contributed by atoms with E-state index in [-0.39, 0.29) is 18.2 Å². The van der Waals surface area contributed by atoms with Crippen LogP contribution in [0.4, 0.5) is 0 Å². The van der Waals surface area contributed by atoms with Gasteiger partial charge in [-0.15, -0.1) is 11.8 Å². The number of hydrogen-bond acceptors (Lipinski definition) is 3. The molecule has 1 N–H and O–H groups in total. The summed E-state index contributed by atoms with van der Waals surface area (Å²) in [5.41, 5.74) is 0.614. The van der Waals surface area contributed by atoms with E-state index in [4.69, 9.17) is 0 Å². The zero-order chi connectivity index (χ0) is 14.2. The van der Waals surface area contributed by atoms with E-state index in [2.05, 4.69) is 5.32 Å². The van der Waals surface area contributed by atoms with E-state index in [0.717, 1.165) is 4.90 Å². The first kappa shape index (κ1) is 14.3. The van der Waals surface area contributed by atoms with Crippen LogP contribution in [-0.2, 0) is 4.79 Å². The molecular formula is C16H15NO2S. The molecule has 0 unspecified atom stereocenters. The SMILES string of the molecule is O=C(CSc1ccccc1)NCC(=O)c1ccccc1. The van der Waals surface area contributed by atoms with Crippen LogP contribution in [0.1, 0.15) is 10.4 Å². The quantitative estimate of drug-likeness (QED) is 0.656. The van der Waals surface area contributed by atoms with Crippen LogP contribution in [0.2, 0.25) is 0 Å². The zero-order valence-electron chi connectivity index (χ0n) is 10.9. The van der Waals surface area contributed by atoms with Gasteiger partial charge in [0.1, 0.15) is 0 Å². The fourth-order valence-corrected chi connectivity index (χ4v) is 2.37. The summed E-state index contributed by atoms with van der Waals surface area (Å²) in [5.74, 6) is 0.0957. The predicted octanol–water partition coefficient (Wildman–Crippen LogP) is 2.78. The third-order valence-electron chi connectivity index (χ3n) is 2.66. The molecule has 2 rings (SSSR count). The maximum absolute atomic E-state index is 11.8. The van der Waals surface area contributed by atoms with E-state index < -0.39 is 0 Å². The summed E-state index contributed by atoms with van der Waals surface area (Å²) in [6, 6.07) is 18.6. The van der Waals surface area contributed by atoms with Crippen LogP contribution in [0.5, 0.6) is 0 Å². The first-order valence-electron chi connectivity index (χ1n) is 6.28. The highest BCUT2D eigenvalue weighted by molar-refractivity contribution is 8.00. The molecule has 1 amide bonds. The molecule has 0 saturated carbocycles. The second-order valence-corrected chi connectivity index (χ2v) is 5.22. The van der Waals surface area contributed by atoms with Gasteiger partial charge in [0, 0.05) is 10.5 Å². The summed E-state index contributed by atoms with van der Waals surface area (Å²) in [7, 11) is 0. The second-order valence-electron chi connectivity index (χ2n) is 4.17. The maximum Gasteiger partial charge on any atom is 0.230 e. The van der Waals surface area contributed by atoms with E-state index in [1.807, 2.05) is 36.4 Å². The molecular weight excluding hydrogens is 270 g/mol. The van der Waals surface area contributed by atoms with Crippen molar-refractivity contribution in [2.75, 3.05) is 12.3 Å². The van der Waals surface area contributed by atoms with Gasteiger partial charge in [-0.1, -0.05) is 48.5 Å². The molecule has 0 spiro atoms. The fourth-order valence-electron chi connectivity index (χ4n) is 1.62. The largest absolute Gasteiger partial charge is 0.348 e. The van der Waals surface area contributed by atoms with Crippen LogP contribution in [-0.4, -0.2) is 24.0 Å². The Morgan fingerprint density at radius 2 is 1.50 bits per heavy atom. The average Bonchev–Trinajstić information content (AvgIpc) is 2.52. The lowest BCUT2D eigenvalue weighted by atomic mass is 10.1. The summed E-state index contributed by atoms with van der Waals surface area (Å²) >= 11 is 1.45. The van der Waals surface area contributed by atoms with Crippen molar-refractivity contribution in [3.05, 3.63) is 66.2 Å². The van der Waals surface area contributed by atoms with Gasteiger partial charge in [-0.3, -0.25) is 9.59 Å². The lowest BCUT2D eigenvalue weighted by molar-refractivity contribution is -0.118. The molecule has 0 bridgehead atoms. The monoisotopic (exact) mass is 285 g/mol. The number of carbonyl (C=O) groups excluding carboxylic acids is 2. The normalized spacial score (nSPS) is 10.0. The van der Waals surface area contributed by atoms with Crippen molar-refractivity contribution in [3.8, 4) is 0 Å². The molecule has 4 heteroatoms. The zero-order valence-corrected chi connectivity index (χ0v) is 11.7. The lowest BCUT2D eigenvalue weighted by Gasteiger charge is -2.04. The van der Waals surface area contributed by atoms with Crippen LogP contribution < -0.4 is 5.32 Å². The highest BCUT2D eigenvalue weighted by Crippen LogP contribution is 2.16. The molecule has 102 valence electrons. The number of carbonyl (C=O) groups is 2. The van der Waals surface area contributed by atoms with E-state index in [1.165, 1.54) is 11.8 Å². The number of rotatable bonds is 6. The van der Waals surface area contributed by atoms with Crippen LogP contribution in [0.3, 0.4) is 0 Å². The second kappa shape index (κ2) is 7.50. The first-order chi connectivity index (χ1) is 9.75. The number of benzene rings is 2. The number of hydrogen-bond donors (Lipinski definition) is 1. The summed E-state index contributed by atoms with van der Waals surface area (Å²) in [6.45, 7) is 0.0399. The Kier molecular flexibility index (Phi) is 5.38. The Labute approximate surface area is 122 Å².